The first kappa shape index (κ1) is 12.1. The van der Waals surface area contributed by atoms with Crippen molar-refractivity contribution >= 4 is 11.8 Å². The third-order valence-corrected chi connectivity index (χ3v) is 3.47. The zero-order valence-electron chi connectivity index (χ0n) is 9.76. The SMILES string of the molecule is Cc1cc(CN)ccc1CSc1ncccn1. The lowest BCUT2D eigenvalue weighted by molar-refractivity contribution is 0.966. The number of nitrogens with two attached hydrogens (primary N) is 1. The van der Waals surface area contributed by atoms with Gasteiger partial charge in [-0.25, -0.2) is 9.97 Å². The third-order valence-electron chi connectivity index (χ3n) is 2.54. The van der Waals surface area contributed by atoms with E-state index in [-0.39, 0.29) is 0 Å². The largest absolute Gasteiger partial charge is 0.326 e. The second-order valence-electron chi connectivity index (χ2n) is 3.79. The van der Waals surface area contributed by atoms with E-state index in [0.717, 1.165) is 10.9 Å². The molecule has 0 aliphatic carbocycles. The molecule has 3 nitrogen and oxygen atoms in total. The van der Waals surface area contributed by atoms with Gasteiger partial charge >= 0.3 is 0 Å². The van der Waals surface area contributed by atoms with Crippen molar-refractivity contribution in [2.45, 2.75) is 24.4 Å². The summed E-state index contributed by atoms with van der Waals surface area (Å²) >= 11 is 1.65. The highest BCUT2D eigenvalue weighted by atomic mass is 32.2. The van der Waals surface area contributed by atoms with Gasteiger partial charge in [0, 0.05) is 24.7 Å². The minimum Gasteiger partial charge on any atom is -0.326 e. The van der Waals surface area contributed by atoms with Gasteiger partial charge < -0.3 is 5.73 Å². The van der Waals surface area contributed by atoms with Gasteiger partial charge in [-0.1, -0.05) is 30.0 Å². The van der Waals surface area contributed by atoms with Gasteiger partial charge in [0.1, 0.15) is 0 Å². The van der Waals surface area contributed by atoms with Crippen LogP contribution in [0.15, 0.2) is 41.8 Å². The molecule has 0 radical (unpaired) electrons. The van der Waals surface area contributed by atoms with E-state index in [2.05, 4.69) is 35.1 Å². The predicted octanol–water partition coefficient (Wildman–Crippen LogP) is 2.54. The minimum atomic E-state index is 0.593. The second kappa shape index (κ2) is 5.80. The van der Waals surface area contributed by atoms with Crippen LogP contribution < -0.4 is 5.73 Å². The Hall–Kier alpha value is -1.39. The van der Waals surface area contributed by atoms with Crippen LogP contribution in [0, 0.1) is 6.92 Å². The standard InChI is InChI=1S/C13H15N3S/c1-10-7-11(8-14)3-4-12(10)9-17-13-15-5-2-6-16-13/h2-7H,8-9,14H2,1H3. The Morgan fingerprint density at radius 1 is 1.24 bits per heavy atom. The number of benzene rings is 1. The summed E-state index contributed by atoms with van der Waals surface area (Å²) in [4.78, 5) is 8.38. The Morgan fingerprint density at radius 2 is 2.00 bits per heavy atom. The Balaban J connectivity index is 2.04. The molecule has 0 spiro atoms. The van der Waals surface area contributed by atoms with Crippen molar-refractivity contribution in [3.8, 4) is 0 Å². The molecule has 0 saturated heterocycles. The number of hydrogen-bond acceptors (Lipinski definition) is 4. The summed E-state index contributed by atoms with van der Waals surface area (Å²) < 4.78 is 0. The molecule has 88 valence electrons. The van der Waals surface area contributed by atoms with Crippen LogP contribution in [0.1, 0.15) is 16.7 Å². The summed E-state index contributed by atoms with van der Waals surface area (Å²) in [6.07, 6.45) is 3.53. The van der Waals surface area contributed by atoms with Crippen molar-refractivity contribution < 1.29 is 0 Å². The lowest BCUT2D eigenvalue weighted by Crippen LogP contribution is -1.98. The first-order valence-electron chi connectivity index (χ1n) is 5.48. The highest BCUT2D eigenvalue weighted by Gasteiger charge is 2.02. The maximum atomic E-state index is 5.61. The molecule has 2 rings (SSSR count). The van der Waals surface area contributed by atoms with Gasteiger partial charge in [-0.05, 0) is 29.7 Å². The van der Waals surface area contributed by atoms with Gasteiger partial charge in [-0.2, -0.15) is 0 Å². The molecular formula is C13H15N3S. The molecule has 1 aromatic heterocycles. The lowest BCUT2D eigenvalue weighted by Gasteiger charge is -2.06. The predicted molar refractivity (Wildman–Crippen MR) is 70.7 cm³/mol. The molecule has 0 amide bonds. The molecule has 0 fully saturated rings. The van der Waals surface area contributed by atoms with Gasteiger partial charge in [0.2, 0.25) is 0 Å². The van der Waals surface area contributed by atoms with E-state index in [1.807, 2.05) is 6.07 Å². The number of nitrogens with zero attached hydrogens (tertiary/aromatic N) is 2. The normalized spacial score (nSPS) is 10.5. The van der Waals surface area contributed by atoms with Crippen molar-refractivity contribution in [1.82, 2.24) is 9.97 Å². The number of thioether (sulfide) groups is 1. The smallest absolute Gasteiger partial charge is 0.187 e. The molecular weight excluding hydrogens is 230 g/mol. The molecule has 17 heavy (non-hydrogen) atoms. The molecule has 0 saturated carbocycles. The van der Waals surface area contributed by atoms with Gasteiger partial charge in [0.25, 0.3) is 0 Å². The van der Waals surface area contributed by atoms with Crippen molar-refractivity contribution in [3.05, 3.63) is 53.3 Å². The Morgan fingerprint density at radius 3 is 2.65 bits per heavy atom. The van der Waals surface area contributed by atoms with Crippen LogP contribution in [0.25, 0.3) is 0 Å². The fourth-order valence-corrected chi connectivity index (χ4v) is 2.43. The van der Waals surface area contributed by atoms with Crippen molar-refractivity contribution in [2.75, 3.05) is 0 Å². The molecule has 2 N–H and O–H groups in total. The van der Waals surface area contributed by atoms with E-state index in [1.165, 1.54) is 16.7 Å². The van der Waals surface area contributed by atoms with Gasteiger partial charge in [0.05, 0.1) is 0 Å². The minimum absolute atomic E-state index is 0.593. The molecule has 0 aliphatic rings. The van der Waals surface area contributed by atoms with E-state index in [4.69, 9.17) is 5.73 Å². The number of hydrogen-bond donors (Lipinski definition) is 1. The van der Waals surface area contributed by atoms with Crippen LogP contribution in [0.5, 0.6) is 0 Å². The first-order valence-corrected chi connectivity index (χ1v) is 6.46. The Labute approximate surface area is 105 Å². The van der Waals surface area contributed by atoms with E-state index in [1.54, 1.807) is 24.2 Å². The zero-order valence-corrected chi connectivity index (χ0v) is 10.6. The summed E-state index contributed by atoms with van der Waals surface area (Å²) in [5.41, 5.74) is 9.36. The lowest BCUT2D eigenvalue weighted by atomic mass is 10.1. The van der Waals surface area contributed by atoms with Gasteiger partial charge in [-0.15, -0.1) is 0 Å². The van der Waals surface area contributed by atoms with Crippen molar-refractivity contribution in [1.29, 1.82) is 0 Å². The van der Waals surface area contributed by atoms with Crippen molar-refractivity contribution in [2.24, 2.45) is 5.73 Å². The summed E-state index contributed by atoms with van der Waals surface area (Å²) in [6, 6.07) is 8.18. The van der Waals surface area contributed by atoms with Gasteiger partial charge in [0.15, 0.2) is 5.16 Å². The topological polar surface area (TPSA) is 51.8 Å². The molecule has 0 aliphatic heterocycles. The van der Waals surface area contributed by atoms with E-state index in [9.17, 15) is 0 Å². The molecule has 0 bridgehead atoms. The van der Waals surface area contributed by atoms with E-state index in [0.29, 0.717) is 6.54 Å². The Bertz CT molecular complexity index is 485. The van der Waals surface area contributed by atoms with Crippen LogP contribution in [0.4, 0.5) is 0 Å². The summed E-state index contributed by atoms with van der Waals surface area (Å²) in [6.45, 7) is 2.71. The zero-order chi connectivity index (χ0) is 12.1. The second-order valence-corrected chi connectivity index (χ2v) is 4.73. The van der Waals surface area contributed by atoms with Crippen LogP contribution in [-0.4, -0.2) is 9.97 Å². The molecule has 1 aromatic carbocycles. The van der Waals surface area contributed by atoms with Crippen LogP contribution in [-0.2, 0) is 12.3 Å². The number of aryl methyl sites for hydroxylation is 1. The first-order chi connectivity index (χ1) is 8.29. The monoisotopic (exact) mass is 245 g/mol. The summed E-state index contributed by atoms with van der Waals surface area (Å²) in [5.74, 6) is 0.890. The fraction of sp³-hybridized carbons (Fsp3) is 0.231. The molecule has 1 heterocycles. The number of aromatic nitrogens is 2. The Kier molecular flexibility index (Phi) is 4.12. The maximum Gasteiger partial charge on any atom is 0.187 e. The molecule has 0 atom stereocenters. The van der Waals surface area contributed by atoms with Crippen LogP contribution >= 0.6 is 11.8 Å². The van der Waals surface area contributed by atoms with Crippen LogP contribution in [0.2, 0.25) is 0 Å². The molecule has 2 aromatic rings. The number of rotatable bonds is 4. The highest BCUT2D eigenvalue weighted by Crippen LogP contribution is 2.21. The van der Waals surface area contributed by atoms with E-state index >= 15 is 0 Å². The average molecular weight is 245 g/mol. The average Bonchev–Trinajstić information content (AvgIpc) is 2.38. The van der Waals surface area contributed by atoms with Crippen molar-refractivity contribution in [3.63, 3.8) is 0 Å². The van der Waals surface area contributed by atoms with E-state index < -0.39 is 0 Å². The molecule has 4 heteroatoms. The summed E-state index contributed by atoms with van der Waals surface area (Å²) in [5, 5.41) is 0.815. The highest BCUT2D eigenvalue weighted by molar-refractivity contribution is 7.98. The maximum absolute atomic E-state index is 5.61. The molecule has 0 unspecified atom stereocenters. The fourth-order valence-electron chi connectivity index (χ4n) is 1.55. The quantitative estimate of drug-likeness (QED) is 0.664. The third kappa shape index (κ3) is 3.28. The summed E-state index contributed by atoms with van der Waals surface area (Å²) in [7, 11) is 0. The van der Waals surface area contributed by atoms with Gasteiger partial charge in [-0.3, -0.25) is 0 Å². The van der Waals surface area contributed by atoms with Crippen LogP contribution in [0.3, 0.4) is 0 Å².